The standard InChI is InChI=1S/C10H12BrClFN/c1-14(6-5-11)7-8-3-2-4-9(13)10(8)12/h2-4H,5-7H2,1H3. The highest BCUT2D eigenvalue weighted by molar-refractivity contribution is 9.09. The van der Waals surface area contributed by atoms with Crippen LogP contribution < -0.4 is 0 Å². The molecule has 4 heteroatoms. The van der Waals surface area contributed by atoms with Gasteiger partial charge in [-0.2, -0.15) is 0 Å². The molecule has 0 saturated carbocycles. The fraction of sp³-hybridized carbons (Fsp3) is 0.400. The SMILES string of the molecule is CN(CCBr)Cc1cccc(F)c1Cl. The van der Waals surface area contributed by atoms with E-state index in [-0.39, 0.29) is 10.8 Å². The van der Waals surface area contributed by atoms with E-state index in [0.29, 0.717) is 6.54 Å². The van der Waals surface area contributed by atoms with Gasteiger partial charge in [-0.15, -0.1) is 0 Å². The molecule has 1 aromatic carbocycles. The first-order valence-electron chi connectivity index (χ1n) is 4.32. The van der Waals surface area contributed by atoms with E-state index < -0.39 is 0 Å². The molecule has 0 saturated heterocycles. The summed E-state index contributed by atoms with van der Waals surface area (Å²) in [6.07, 6.45) is 0. The van der Waals surface area contributed by atoms with Gasteiger partial charge in [0.25, 0.3) is 0 Å². The zero-order valence-corrected chi connectivity index (χ0v) is 10.3. The summed E-state index contributed by atoms with van der Waals surface area (Å²) in [6.45, 7) is 1.58. The van der Waals surface area contributed by atoms with Gasteiger partial charge in [-0.05, 0) is 18.7 Å². The molecular formula is C10H12BrClFN. The Kier molecular flexibility index (Phi) is 4.85. The molecule has 0 fully saturated rings. The smallest absolute Gasteiger partial charge is 0.142 e. The number of rotatable bonds is 4. The molecule has 0 atom stereocenters. The van der Waals surface area contributed by atoms with Gasteiger partial charge < -0.3 is 4.90 Å². The van der Waals surface area contributed by atoms with Crippen molar-refractivity contribution in [1.82, 2.24) is 4.90 Å². The van der Waals surface area contributed by atoms with Crippen molar-refractivity contribution >= 4 is 27.5 Å². The number of benzene rings is 1. The molecule has 0 amide bonds. The fourth-order valence-corrected chi connectivity index (χ4v) is 1.98. The average molecular weight is 281 g/mol. The molecule has 0 bridgehead atoms. The van der Waals surface area contributed by atoms with Crippen molar-refractivity contribution in [2.24, 2.45) is 0 Å². The van der Waals surface area contributed by atoms with E-state index in [1.165, 1.54) is 6.07 Å². The topological polar surface area (TPSA) is 3.24 Å². The minimum atomic E-state index is -0.351. The second-order valence-electron chi connectivity index (χ2n) is 3.14. The van der Waals surface area contributed by atoms with Crippen LogP contribution in [-0.4, -0.2) is 23.8 Å². The molecule has 0 N–H and O–H groups in total. The van der Waals surface area contributed by atoms with Gasteiger partial charge in [0.05, 0.1) is 5.02 Å². The van der Waals surface area contributed by atoms with Crippen LogP contribution in [-0.2, 0) is 6.54 Å². The van der Waals surface area contributed by atoms with Gasteiger partial charge in [0.15, 0.2) is 0 Å². The second-order valence-corrected chi connectivity index (χ2v) is 4.31. The normalized spacial score (nSPS) is 10.9. The van der Waals surface area contributed by atoms with Gasteiger partial charge in [0.1, 0.15) is 5.82 Å². The maximum Gasteiger partial charge on any atom is 0.142 e. The summed E-state index contributed by atoms with van der Waals surface area (Å²) in [6, 6.07) is 4.89. The fourth-order valence-electron chi connectivity index (χ4n) is 1.18. The molecule has 78 valence electrons. The van der Waals surface area contributed by atoms with Crippen LogP contribution in [0.15, 0.2) is 18.2 Å². The monoisotopic (exact) mass is 279 g/mol. The van der Waals surface area contributed by atoms with Gasteiger partial charge >= 0.3 is 0 Å². The summed E-state index contributed by atoms with van der Waals surface area (Å²) in [5.41, 5.74) is 0.829. The number of hydrogen-bond donors (Lipinski definition) is 0. The largest absolute Gasteiger partial charge is 0.301 e. The van der Waals surface area contributed by atoms with E-state index in [4.69, 9.17) is 11.6 Å². The Morgan fingerprint density at radius 3 is 2.86 bits per heavy atom. The molecule has 0 aliphatic carbocycles. The first-order valence-corrected chi connectivity index (χ1v) is 5.82. The summed E-state index contributed by atoms with van der Waals surface area (Å²) < 4.78 is 13.1. The molecule has 1 aromatic rings. The summed E-state index contributed by atoms with van der Waals surface area (Å²) in [7, 11) is 1.97. The van der Waals surface area contributed by atoms with Crippen molar-refractivity contribution in [2.75, 3.05) is 18.9 Å². The quantitative estimate of drug-likeness (QED) is 0.765. The number of hydrogen-bond acceptors (Lipinski definition) is 1. The molecule has 0 aliphatic rings. The number of nitrogens with zero attached hydrogens (tertiary/aromatic N) is 1. The maximum absolute atomic E-state index is 13.1. The maximum atomic E-state index is 13.1. The third-order valence-electron chi connectivity index (χ3n) is 1.94. The van der Waals surface area contributed by atoms with Crippen LogP contribution in [0.2, 0.25) is 5.02 Å². The molecule has 0 heterocycles. The first-order chi connectivity index (χ1) is 6.65. The Morgan fingerprint density at radius 2 is 2.21 bits per heavy atom. The Morgan fingerprint density at radius 1 is 1.50 bits per heavy atom. The molecule has 1 nitrogen and oxygen atoms in total. The van der Waals surface area contributed by atoms with E-state index in [1.54, 1.807) is 6.07 Å². The van der Waals surface area contributed by atoms with Crippen LogP contribution >= 0.6 is 27.5 Å². The summed E-state index contributed by atoms with van der Waals surface area (Å²) >= 11 is 9.17. The van der Waals surface area contributed by atoms with E-state index >= 15 is 0 Å². The molecule has 14 heavy (non-hydrogen) atoms. The lowest BCUT2D eigenvalue weighted by Crippen LogP contribution is -2.20. The van der Waals surface area contributed by atoms with Gasteiger partial charge in [-0.3, -0.25) is 0 Å². The van der Waals surface area contributed by atoms with Crippen LogP contribution in [0.5, 0.6) is 0 Å². The Labute approximate surface area is 97.0 Å². The van der Waals surface area contributed by atoms with Crippen LogP contribution in [0.25, 0.3) is 0 Å². The molecule has 0 aliphatic heterocycles. The van der Waals surface area contributed by atoms with Crippen molar-refractivity contribution < 1.29 is 4.39 Å². The number of alkyl halides is 1. The molecule has 0 unspecified atom stereocenters. The molecule has 0 aromatic heterocycles. The highest BCUT2D eigenvalue weighted by Crippen LogP contribution is 2.20. The summed E-state index contributed by atoms with van der Waals surface area (Å²) in [5, 5.41) is 1.13. The van der Waals surface area contributed by atoms with Crippen molar-refractivity contribution in [2.45, 2.75) is 6.54 Å². The van der Waals surface area contributed by atoms with Gasteiger partial charge in [-0.1, -0.05) is 39.7 Å². The summed E-state index contributed by atoms with van der Waals surface area (Å²) in [5.74, 6) is -0.351. The predicted molar refractivity (Wildman–Crippen MR) is 61.5 cm³/mol. The molecule has 0 radical (unpaired) electrons. The van der Waals surface area contributed by atoms with E-state index in [2.05, 4.69) is 20.8 Å². The summed E-state index contributed by atoms with van der Waals surface area (Å²) in [4.78, 5) is 2.08. The van der Waals surface area contributed by atoms with Gasteiger partial charge in [0, 0.05) is 18.4 Å². The highest BCUT2D eigenvalue weighted by Gasteiger charge is 2.07. The lowest BCUT2D eigenvalue weighted by atomic mass is 10.2. The molecule has 1 rings (SSSR count). The third-order valence-corrected chi connectivity index (χ3v) is 2.72. The average Bonchev–Trinajstić information content (AvgIpc) is 2.13. The van der Waals surface area contributed by atoms with Crippen molar-refractivity contribution in [3.05, 3.63) is 34.6 Å². The Bertz CT molecular complexity index is 306. The molecule has 0 spiro atoms. The third kappa shape index (κ3) is 3.23. The van der Waals surface area contributed by atoms with Gasteiger partial charge in [-0.25, -0.2) is 4.39 Å². The van der Waals surface area contributed by atoms with Crippen LogP contribution in [0, 0.1) is 5.82 Å². The molecular weight excluding hydrogens is 268 g/mol. The van der Waals surface area contributed by atoms with Crippen molar-refractivity contribution in [1.29, 1.82) is 0 Å². The van der Waals surface area contributed by atoms with Crippen molar-refractivity contribution in [3.8, 4) is 0 Å². The lowest BCUT2D eigenvalue weighted by molar-refractivity contribution is 0.349. The second kappa shape index (κ2) is 5.69. The Hall–Kier alpha value is -0.120. The first kappa shape index (κ1) is 12.0. The van der Waals surface area contributed by atoms with E-state index in [0.717, 1.165) is 17.4 Å². The zero-order chi connectivity index (χ0) is 10.6. The van der Waals surface area contributed by atoms with Crippen LogP contribution in [0.4, 0.5) is 4.39 Å². The van der Waals surface area contributed by atoms with Crippen molar-refractivity contribution in [3.63, 3.8) is 0 Å². The lowest BCUT2D eigenvalue weighted by Gasteiger charge is -2.15. The predicted octanol–water partition coefficient (Wildman–Crippen LogP) is 3.31. The zero-order valence-electron chi connectivity index (χ0n) is 7.93. The van der Waals surface area contributed by atoms with Gasteiger partial charge in [0.2, 0.25) is 0 Å². The van der Waals surface area contributed by atoms with E-state index in [9.17, 15) is 4.39 Å². The van der Waals surface area contributed by atoms with E-state index in [1.807, 2.05) is 13.1 Å². The minimum Gasteiger partial charge on any atom is -0.301 e. The minimum absolute atomic E-state index is 0.230. The Balaban J connectivity index is 2.71. The van der Waals surface area contributed by atoms with Crippen LogP contribution in [0.3, 0.4) is 0 Å². The van der Waals surface area contributed by atoms with Crippen LogP contribution in [0.1, 0.15) is 5.56 Å². The number of halogens is 3. The highest BCUT2D eigenvalue weighted by atomic mass is 79.9.